The van der Waals surface area contributed by atoms with Crippen LogP contribution < -0.4 is 5.73 Å². The van der Waals surface area contributed by atoms with Crippen molar-refractivity contribution in [2.45, 2.75) is 19.4 Å². The highest BCUT2D eigenvalue weighted by Crippen LogP contribution is 2.24. The van der Waals surface area contributed by atoms with Crippen LogP contribution >= 0.6 is 22.9 Å². The van der Waals surface area contributed by atoms with Crippen LogP contribution in [0.2, 0.25) is 5.02 Å². The second kappa shape index (κ2) is 5.12. The maximum Gasteiger partial charge on any atom is 0.127 e. The van der Waals surface area contributed by atoms with E-state index < -0.39 is 0 Å². The Kier molecular flexibility index (Phi) is 3.76. The Morgan fingerprint density at radius 2 is 2.29 bits per heavy atom. The lowest BCUT2D eigenvalue weighted by Crippen LogP contribution is -2.12. The summed E-state index contributed by atoms with van der Waals surface area (Å²) in [6, 6.07) is 4.43. The first kappa shape index (κ1) is 12.5. The van der Waals surface area contributed by atoms with Crippen molar-refractivity contribution in [3.63, 3.8) is 0 Å². The van der Waals surface area contributed by atoms with E-state index in [1.807, 2.05) is 6.92 Å². The second-order valence-electron chi connectivity index (χ2n) is 3.83. The third kappa shape index (κ3) is 3.03. The van der Waals surface area contributed by atoms with Crippen LogP contribution in [-0.2, 0) is 6.42 Å². The molecule has 0 saturated carbocycles. The molecule has 0 amide bonds. The third-order valence-corrected chi connectivity index (χ3v) is 3.74. The number of nitrogens with two attached hydrogens (primary N) is 1. The minimum Gasteiger partial charge on any atom is -0.323 e. The largest absolute Gasteiger partial charge is 0.323 e. The molecule has 0 aliphatic carbocycles. The van der Waals surface area contributed by atoms with E-state index in [2.05, 4.69) is 4.98 Å². The van der Waals surface area contributed by atoms with Crippen molar-refractivity contribution >= 4 is 22.9 Å². The van der Waals surface area contributed by atoms with Crippen molar-refractivity contribution in [3.8, 4) is 0 Å². The number of rotatable bonds is 3. The summed E-state index contributed by atoms with van der Waals surface area (Å²) in [5.74, 6) is -0.311. The molecule has 1 atom stereocenters. The zero-order valence-corrected chi connectivity index (χ0v) is 10.9. The number of nitrogens with zero attached hydrogens (tertiary/aromatic N) is 1. The predicted octanol–water partition coefficient (Wildman–Crippen LogP) is 3.49. The zero-order chi connectivity index (χ0) is 12.4. The van der Waals surface area contributed by atoms with E-state index in [4.69, 9.17) is 17.3 Å². The third-order valence-electron chi connectivity index (χ3n) is 2.46. The van der Waals surface area contributed by atoms with Gasteiger partial charge in [0.2, 0.25) is 0 Å². The van der Waals surface area contributed by atoms with Gasteiger partial charge < -0.3 is 5.73 Å². The first-order chi connectivity index (χ1) is 8.06. The Balaban J connectivity index is 2.15. The van der Waals surface area contributed by atoms with Gasteiger partial charge in [-0.25, -0.2) is 9.37 Å². The van der Waals surface area contributed by atoms with E-state index >= 15 is 0 Å². The van der Waals surface area contributed by atoms with Gasteiger partial charge in [0, 0.05) is 22.1 Å². The molecule has 2 rings (SSSR count). The van der Waals surface area contributed by atoms with Crippen molar-refractivity contribution in [1.29, 1.82) is 0 Å². The molecule has 0 radical (unpaired) electrons. The smallest absolute Gasteiger partial charge is 0.127 e. The molecular formula is C12H12ClFN2S. The molecule has 2 aromatic rings. The molecule has 0 bridgehead atoms. The number of aryl methyl sites for hydroxylation is 1. The molecule has 17 heavy (non-hydrogen) atoms. The van der Waals surface area contributed by atoms with Gasteiger partial charge >= 0.3 is 0 Å². The summed E-state index contributed by atoms with van der Waals surface area (Å²) in [6.45, 7) is 1.92. The van der Waals surface area contributed by atoms with Gasteiger partial charge in [-0.05, 0) is 31.0 Å². The zero-order valence-electron chi connectivity index (χ0n) is 9.28. The molecule has 0 aliphatic heterocycles. The van der Waals surface area contributed by atoms with Crippen molar-refractivity contribution in [1.82, 2.24) is 4.98 Å². The highest BCUT2D eigenvalue weighted by atomic mass is 35.5. The Hall–Kier alpha value is -0.970. The molecule has 1 heterocycles. The van der Waals surface area contributed by atoms with E-state index in [1.54, 1.807) is 18.3 Å². The summed E-state index contributed by atoms with van der Waals surface area (Å²) in [4.78, 5) is 5.11. The molecular weight excluding hydrogens is 259 g/mol. The van der Waals surface area contributed by atoms with Crippen LogP contribution in [0.4, 0.5) is 4.39 Å². The molecule has 1 unspecified atom stereocenters. The molecule has 1 aromatic heterocycles. The van der Waals surface area contributed by atoms with Crippen LogP contribution in [0, 0.1) is 12.7 Å². The van der Waals surface area contributed by atoms with Gasteiger partial charge in [-0.3, -0.25) is 0 Å². The molecule has 0 aliphatic rings. The molecule has 2 nitrogen and oxygen atoms in total. The van der Waals surface area contributed by atoms with Crippen molar-refractivity contribution in [3.05, 3.63) is 50.7 Å². The minimum atomic E-state index is -0.311. The lowest BCUT2D eigenvalue weighted by molar-refractivity contribution is 0.595. The van der Waals surface area contributed by atoms with E-state index in [9.17, 15) is 4.39 Å². The highest BCUT2D eigenvalue weighted by molar-refractivity contribution is 7.11. The van der Waals surface area contributed by atoms with Crippen LogP contribution in [0.3, 0.4) is 0 Å². The highest BCUT2D eigenvalue weighted by Gasteiger charge is 2.12. The van der Waals surface area contributed by atoms with Crippen LogP contribution in [0.15, 0.2) is 24.4 Å². The van der Waals surface area contributed by atoms with E-state index in [0.717, 1.165) is 9.88 Å². The number of halogens is 2. The van der Waals surface area contributed by atoms with Crippen LogP contribution in [0.1, 0.15) is 21.5 Å². The number of thiazole rings is 1. The quantitative estimate of drug-likeness (QED) is 0.927. The average molecular weight is 271 g/mol. The van der Waals surface area contributed by atoms with Crippen molar-refractivity contribution < 1.29 is 4.39 Å². The van der Waals surface area contributed by atoms with E-state index in [0.29, 0.717) is 17.0 Å². The SMILES string of the molecule is Cc1ncc(C(N)Cc2ccc(Cl)cc2F)s1. The Morgan fingerprint density at radius 1 is 1.53 bits per heavy atom. The summed E-state index contributed by atoms with van der Waals surface area (Å²) in [5, 5.41) is 1.36. The molecule has 5 heteroatoms. The second-order valence-corrected chi connectivity index (χ2v) is 5.53. The number of hydrogen-bond donors (Lipinski definition) is 1. The minimum absolute atomic E-state index is 0.225. The summed E-state index contributed by atoms with van der Waals surface area (Å²) in [6.07, 6.45) is 2.20. The molecule has 0 saturated heterocycles. The molecule has 90 valence electrons. The van der Waals surface area contributed by atoms with Crippen molar-refractivity contribution in [2.75, 3.05) is 0 Å². The molecule has 2 N–H and O–H groups in total. The molecule has 0 spiro atoms. The number of hydrogen-bond acceptors (Lipinski definition) is 3. The van der Waals surface area contributed by atoms with Gasteiger partial charge in [0.15, 0.2) is 0 Å². The number of benzene rings is 1. The fraction of sp³-hybridized carbons (Fsp3) is 0.250. The van der Waals surface area contributed by atoms with Crippen molar-refractivity contribution in [2.24, 2.45) is 5.73 Å². The summed E-state index contributed by atoms with van der Waals surface area (Å²) in [7, 11) is 0. The van der Waals surface area contributed by atoms with E-state index in [-0.39, 0.29) is 11.9 Å². The lowest BCUT2D eigenvalue weighted by Gasteiger charge is -2.10. The summed E-state index contributed by atoms with van der Waals surface area (Å²) < 4.78 is 13.6. The number of aromatic nitrogens is 1. The summed E-state index contributed by atoms with van der Waals surface area (Å²) in [5.41, 5.74) is 6.59. The first-order valence-corrected chi connectivity index (χ1v) is 6.37. The van der Waals surface area contributed by atoms with Gasteiger partial charge in [-0.1, -0.05) is 17.7 Å². The van der Waals surface area contributed by atoms with Crippen LogP contribution in [0.25, 0.3) is 0 Å². The Bertz CT molecular complexity index is 527. The first-order valence-electron chi connectivity index (χ1n) is 5.18. The Morgan fingerprint density at radius 3 is 2.88 bits per heavy atom. The van der Waals surface area contributed by atoms with Crippen LogP contribution in [0.5, 0.6) is 0 Å². The van der Waals surface area contributed by atoms with Gasteiger partial charge in [0.05, 0.1) is 5.01 Å². The maximum atomic E-state index is 13.6. The fourth-order valence-corrected chi connectivity index (χ4v) is 2.52. The van der Waals surface area contributed by atoms with Gasteiger partial charge in [-0.15, -0.1) is 11.3 Å². The maximum absolute atomic E-state index is 13.6. The normalized spacial score (nSPS) is 12.7. The van der Waals surface area contributed by atoms with E-state index in [1.165, 1.54) is 17.4 Å². The standard InChI is InChI=1S/C12H12ClFN2S/c1-7-16-6-12(17-7)11(15)4-8-2-3-9(13)5-10(8)14/h2-3,5-6,11H,4,15H2,1H3. The monoisotopic (exact) mass is 270 g/mol. The van der Waals surface area contributed by atoms with Gasteiger partial charge in [-0.2, -0.15) is 0 Å². The fourth-order valence-electron chi connectivity index (χ4n) is 1.57. The molecule has 0 fully saturated rings. The van der Waals surface area contributed by atoms with Crippen LogP contribution in [-0.4, -0.2) is 4.98 Å². The molecule has 1 aromatic carbocycles. The lowest BCUT2D eigenvalue weighted by atomic mass is 10.1. The average Bonchev–Trinajstić information content (AvgIpc) is 2.69. The van der Waals surface area contributed by atoms with Gasteiger partial charge in [0.25, 0.3) is 0 Å². The topological polar surface area (TPSA) is 38.9 Å². The Labute approximate surface area is 108 Å². The van der Waals surface area contributed by atoms with Gasteiger partial charge in [0.1, 0.15) is 5.82 Å². The summed E-state index contributed by atoms with van der Waals surface area (Å²) >= 11 is 7.23. The predicted molar refractivity (Wildman–Crippen MR) is 68.9 cm³/mol.